The fourth-order valence-corrected chi connectivity index (χ4v) is 3.07. The summed E-state index contributed by atoms with van der Waals surface area (Å²) in [6.07, 6.45) is 2.12. The molecule has 2 heterocycles. The quantitative estimate of drug-likeness (QED) is 0.928. The molecule has 0 spiro atoms. The molecular weight excluding hydrogens is 284 g/mol. The van der Waals surface area contributed by atoms with E-state index in [4.69, 9.17) is 4.98 Å². The lowest BCUT2D eigenvalue weighted by Crippen LogP contribution is -2.39. The average Bonchev–Trinajstić information content (AvgIpc) is 2.53. The van der Waals surface area contributed by atoms with Crippen molar-refractivity contribution in [1.29, 1.82) is 0 Å². The first-order valence-electron chi connectivity index (χ1n) is 8.52. The summed E-state index contributed by atoms with van der Waals surface area (Å²) in [6, 6.07) is 11.6. The van der Waals surface area contributed by atoms with Gasteiger partial charge in [0.15, 0.2) is 0 Å². The van der Waals surface area contributed by atoms with Gasteiger partial charge >= 0.3 is 0 Å². The molecular formula is C19H26N4. The summed E-state index contributed by atoms with van der Waals surface area (Å²) >= 11 is 0. The molecule has 1 aliphatic rings. The molecule has 2 aromatic rings. The number of anilines is 2. The van der Waals surface area contributed by atoms with Crippen molar-refractivity contribution < 1.29 is 0 Å². The molecule has 0 saturated heterocycles. The molecule has 1 aliphatic heterocycles. The van der Waals surface area contributed by atoms with Crippen LogP contribution in [0, 0.1) is 6.92 Å². The van der Waals surface area contributed by atoms with Crippen molar-refractivity contribution >= 4 is 11.8 Å². The molecule has 0 fully saturated rings. The van der Waals surface area contributed by atoms with Crippen molar-refractivity contribution in [3.63, 3.8) is 0 Å². The highest BCUT2D eigenvalue weighted by Gasteiger charge is 2.24. The SMILES string of the molecule is CC[C@@H](C)Nc1nc(C)cc(N2Cc3ccccc3C[C@@H]2C)n1. The normalized spacial score (nSPS) is 18.4. The topological polar surface area (TPSA) is 41.1 Å². The number of aryl methyl sites for hydroxylation is 1. The highest BCUT2D eigenvalue weighted by Crippen LogP contribution is 2.28. The third kappa shape index (κ3) is 3.46. The van der Waals surface area contributed by atoms with E-state index in [0.717, 1.165) is 36.8 Å². The van der Waals surface area contributed by atoms with Crippen molar-refractivity contribution in [2.75, 3.05) is 10.2 Å². The zero-order valence-electron chi connectivity index (χ0n) is 14.5. The fraction of sp³-hybridized carbons (Fsp3) is 0.474. The smallest absolute Gasteiger partial charge is 0.225 e. The highest BCUT2D eigenvalue weighted by atomic mass is 15.2. The van der Waals surface area contributed by atoms with Crippen LogP contribution in [-0.2, 0) is 13.0 Å². The molecule has 1 aromatic carbocycles. The summed E-state index contributed by atoms with van der Waals surface area (Å²) in [5.41, 5.74) is 3.87. The second kappa shape index (κ2) is 6.57. The number of hydrogen-bond acceptors (Lipinski definition) is 4. The van der Waals surface area contributed by atoms with Crippen LogP contribution in [0.5, 0.6) is 0 Å². The monoisotopic (exact) mass is 310 g/mol. The maximum absolute atomic E-state index is 4.77. The van der Waals surface area contributed by atoms with Gasteiger partial charge in [0.1, 0.15) is 5.82 Å². The van der Waals surface area contributed by atoms with Crippen molar-refractivity contribution in [2.24, 2.45) is 0 Å². The zero-order chi connectivity index (χ0) is 16.4. The van der Waals surface area contributed by atoms with Gasteiger partial charge in [-0.25, -0.2) is 4.98 Å². The lowest BCUT2D eigenvalue weighted by atomic mass is 9.95. The van der Waals surface area contributed by atoms with Gasteiger partial charge in [-0.05, 0) is 44.7 Å². The Bertz CT molecular complexity index is 683. The van der Waals surface area contributed by atoms with Gasteiger partial charge in [-0.2, -0.15) is 4.98 Å². The first kappa shape index (κ1) is 15.8. The van der Waals surface area contributed by atoms with Crippen molar-refractivity contribution in [3.8, 4) is 0 Å². The third-order valence-electron chi connectivity index (χ3n) is 4.63. The van der Waals surface area contributed by atoms with Crippen LogP contribution >= 0.6 is 0 Å². The van der Waals surface area contributed by atoms with Crippen LogP contribution in [0.3, 0.4) is 0 Å². The fourth-order valence-electron chi connectivity index (χ4n) is 3.07. The van der Waals surface area contributed by atoms with Crippen LogP contribution < -0.4 is 10.2 Å². The minimum Gasteiger partial charge on any atom is -0.352 e. The Labute approximate surface area is 139 Å². The molecule has 2 atom stereocenters. The predicted octanol–water partition coefficient (Wildman–Crippen LogP) is 3.95. The van der Waals surface area contributed by atoms with Crippen LogP contribution in [0.1, 0.15) is 44.0 Å². The molecule has 1 aromatic heterocycles. The molecule has 4 nitrogen and oxygen atoms in total. The lowest BCUT2D eigenvalue weighted by molar-refractivity contribution is 0.586. The molecule has 4 heteroatoms. The molecule has 23 heavy (non-hydrogen) atoms. The van der Waals surface area contributed by atoms with Gasteiger partial charge in [-0.15, -0.1) is 0 Å². The molecule has 0 bridgehead atoms. The van der Waals surface area contributed by atoms with Gasteiger partial charge < -0.3 is 10.2 Å². The summed E-state index contributed by atoms with van der Waals surface area (Å²) < 4.78 is 0. The van der Waals surface area contributed by atoms with E-state index in [1.54, 1.807) is 0 Å². The zero-order valence-corrected chi connectivity index (χ0v) is 14.5. The summed E-state index contributed by atoms with van der Waals surface area (Å²) in [4.78, 5) is 11.7. The van der Waals surface area contributed by atoms with Crippen LogP contribution in [0.2, 0.25) is 0 Å². The molecule has 3 rings (SSSR count). The number of rotatable bonds is 4. The van der Waals surface area contributed by atoms with E-state index in [9.17, 15) is 0 Å². The maximum atomic E-state index is 4.77. The summed E-state index contributed by atoms with van der Waals surface area (Å²) in [5.74, 6) is 1.76. The Morgan fingerprint density at radius 2 is 2.00 bits per heavy atom. The van der Waals surface area contributed by atoms with Crippen LogP contribution in [0.4, 0.5) is 11.8 Å². The Hall–Kier alpha value is -2.10. The average molecular weight is 310 g/mol. The van der Waals surface area contributed by atoms with Gasteiger partial charge in [-0.3, -0.25) is 0 Å². The van der Waals surface area contributed by atoms with Gasteiger partial charge in [0, 0.05) is 30.4 Å². The Morgan fingerprint density at radius 3 is 2.74 bits per heavy atom. The summed E-state index contributed by atoms with van der Waals surface area (Å²) in [5, 5.41) is 3.40. The van der Waals surface area contributed by atoms with E-state index in [-0.39, 0.29) is 0 Å². The van der Waals surface area contributed by atoms with Gasteiger partial charge in [0.05, 0.1) is 0 Å². The van der Waals surface area contributed by atoms with E-state index in [1.165, 1.54) is 11.1 Å². The van der Waals surface area contributed by atoms with Crippen molar-refractivity contribution in [2.45, 2.75) is 59.2 Å². The van der Waals surface area contributed by atoms with Crippen LogP contribution in [-0.4, -0.2) is 22.1 Å². The predicted molar refractivity (Wildman–Crippen MR) is 95.9 cm³/mol. The number of aromatic nitrogens is 2. The molecule has 122 valence electrons. The van der Waals surface area contributed by atoms with Gasteiger partial charge in [0.2, 0.25) is 5.95 Å². The molecule has 0 amide bonds. The molecule has 1 N–H and O–H groups in total. The summed E-state index contributed by atoms with van der Waals surface area (Å²) in [6.45, 7) is 9.55. The lowest BCUT2D eigenvalue weighted by Gasteiger charge is -2.36. The van der Waals surface area contributed by atoms with E-state index >= 15 is 0 Å². The van der Waals surface area contributed by atoms with Crippen molar-refractivity contribution in [1.82, 2.24) is 9.97 Å². The van der Waals surface area contributed by atoms with Crippen LogP contribution in [0.25, 0.3) is 0 Å². The number of benzene rings is 1. The Morgan fingerprint density at radius 1 is 1.26 bits per heavy atom. The highest BCUT2D eigenvalue weighted by molar-refractivity contribution is 5.49. The Balaban J connectivity index is 1.89. The third-order valence-corrected chi connectivity index (χ3v) is 4.63. The number of fused-ring (bicyclic) bond motifs is 1. The standard InChI is InChI=1S/C19H26N4/c1-5-13(2)20-19-21-14(3)10-18(22-19)23-12-17-9-7-6-8-16(17)11-15(23)4/h6-10,13,15H,5,11-12H2,1-4H3,(H,20,21,22)/t13-,15+/m1/s1. The van der Waals surface area contributed by atoms with E-state index in [2.05, 4.69) is 66.3 Å². The maximum Gasteiger partial charge on any atom is 0.225 e. The van der Waals surface area contributed by atoms with Crippen LogP contribution in [0.15, 0.2) is 30.3 Å². The number of hydrogen-bond donors (Lipinski definition) is 1. The van der Waals surface area contributed by atoms with E-state index in [1.807, 2.05) is 6.92 Å². The van der Waals surface area contributed by atoms with Gasteiger partial charge in [-0.1, -0.05) is 31.2 Å². The summed E-state index contributed by atoms with van der Waals surface area (Å²) in [7, 11) is 0. The molecule has 0 aliphatic carbocycles. The number of nitrogens with zero attached hydrogens (tertiary/aromatic N) is 3. The van der Waals surface area contributed by atoms with Gasteiger partial charge in [0.25, 0.3) is 0 Å². The second-order valence-electron chi connectivity index (χ2n) is 6.59. The minimum absolute atomic E-state index is 0.379. The first-order valence-corrected chi connectivity index (χ1v) is 8.52. The second-order valence-corrected chi connectivity index (χ2v) is 6.59. The minimum atomic E-state index is 0.379. The molecule has 0 radical (unpaired) electrons. The Kier molecular flexibility index (Phi) is 4.51. The number of nitrogens with one attached hydrogen (secondary N) is 1. The largest absolute Gasteiger partial charge is 0.352 e. The molecule has 0 unspecified atom stereocenters. The van der Waals surface area contributed by atoms with Crippen molar-refractivity contribution in [3.05, 3.63) is 47.2 Å². The molecule has 0 saturated carbocycles. The van der Waals surface area contributed by atoms with E-state index < -0.39 is 0 Å². The first-order chi connectivity index (χ1) is 11.1. The van der Waals surface area contributed by atoms with E-state index in [0.29, 0.717) is 12.1 Å².